The predicted molar refractivity (Wildman–Crippen MR) is 110 cm³/mol. The van der Waals surface area contributed by atoms with Gasteiger partial charge < -0.3 is 0 Å². The Hall–Kier alpha value is -2.97. The van der Waals surface area contributed by atoms with Gasteiger partial charge in [-0.2, -0.15) is 5.10 Å². The van der Waals surface area contributed by atoms with Gasteiger partial charge in [0.1, 0.15) is 4.21 Å². The first kappa shape index (κ1) is 18.4. The molecule has 0 fully saturated rings. The number of anilines is 1. The van der Waals surface area contributed by atoms with Crippen molar-refractivity contribution in [2.24, 2.45) is 5.10 Å². The highest BCUT2D eigenvalue weighted by Crippen LogP contribution is 2.24. The molecule has 1 amide bonds. The Bertz CT molecular complexity index is 1150. The van der Waals surface area contributed by atoms with E-state index < -0.39 is 15.9 Å². The molecule has 0 saturated heterocycles. The van der Waals surface area contributed by atoms with Gasteiger partial charge in [-0.25, -0.2) is 13.8 Å². The Morgan fingerprint density at radius 3 is 2.57 bits per heavy atom. The zero-order chi connectivity index (χ0) is 19.6. The summed E-state index contributed by atoms with van der Waals surface area (Å²) in [5.41, 5.74) is 6.04. The number of nitrogens with one attached hydrogen (secondary N) is 2. The molecule has 28 heavy (non-hydrogen) atoms. The molecule has 0 bridgehead atoms. The fraction of sp³-hybridized carbons (Fsp3) is 0.100. The van der Waals surface area contributed by atoms with E-state index in [9.17, 15) is 13.2 Å². The van der Waals surface area contributed by atoms with E-state index in [0.717, 1.165) is 35.5 Å². The lowest BCUT2D eigenvalue weighted by Crippen LogP contribution is -2.22. The molecule has 3 aromatic rings. The minimum absolute atomic E-state index is 0.186. The number of aryl methyl sites for hydroxylation is 1. The topological polar surface area (TPSA) is 87.6 Å². The van der Waals surface area contributed by atoms with E-state index in [1.165, 1.54) is 11.6 Å². The first-order valence-corrected chi connectivity index (χ1v) is 11.0. The SMILES string of the molecule is O=C(N/N=C1\CCc2ccccc21)c1ccccc1NS(=O)(=O)c1cccs1. The van der Waals surface area contributed by atoms with Gasteiger partial charge in [0, 0.05) is 5.56 Å². The number of carbonyl (C=O) groups excluding carboxylic acids is 1. The lowest BCUT2D eigenvalue weighted by Gasteiger charge is -2.11. The molecule has 1 aromatic heterocycles. The summed E-state index contributed by atoms with van der Waals surface area (Å²) in [6.45, 7) is 0. The fourth-order valence-electron chi connectivity index (χ4n) is 3.08. The number of hydrazone groups is 1. The number of amides is 1. The molecule has 0 spiro atoms. The van der Waals surface area contributed by atoms with Crippen LogP contribution in [0.3, 0.4) is 0 Å². The minimum atomic E-state index is -3.74. The number of carbonyl (C=O) groups is 1. The summed E-state index contributed by atoms with van der Waals surface area (Å²) in [5, 5.41) is 5.95. The molecular weight excluding hydrogens is 394 g/mol. The molecule has 1 aliphatic rings. The molecule has 2 aromatic carbocycles. The van der Waals surface area contributed by atoms with E-state index in [4.69, 9.17) is 0 Å². The van der Waals surface area contributed by atoms with Gasteiger partial charge in [-0.1, -0.05) is 42.5 Å². The van der Waals surface area contributed by atoms with Gasteiger partial charge in [0.05, 0.1) is 17.0 Å². The highest BCUT2D eigenvalue weighted by atomic mass is 32.2. The fourth-order valence-corrected chi connectivity index (χ4v) is 5.16. The second-order valence-electron chi connectivity index (χ2n) is 6.24. The van der Waals surface area contributed by atoms with E-state index in [2.05, 4.69) is 15.2 Å². The molecule has 0 saturated carbocycles. The van der Waals surface area contributed by atoms with E-state index in [-0.39, 0.29) is 15.5 Å². The van der Waals surface area contributed by atoms with Gasteiger partial charge in [0.2, 0.25) is 0 Å². The van der Waals surface area contributed by atoms with Crippen LogP contribution in [0.15, 0.2) is 75.4 Å². The number of thiophene rings is 1. The highest BCUT2D eigenvalue weighted by molar-refractivity contribution is 7.94. The standard InChI is InChI=1S/C20H17N3O3S2/c24-20(22-21-17-12-11-14-6-1-2-7-15(14)17)16-8-3-4-9-18(16)23-28(25,26)19-10-5-13-27-19/h1-10,13,23H,11-12H2,(H,22,24)/b21-17+. The van der Waals surface area contributed by atoms with Crippen molar-refractivity contribution >= 4 is 38.7 Å². The third-order valence-electron chi connectivity index (χ3n) is 4.43. The van der Waals surface area contributed by atoms with Gasteiger partial charge in [-0.3, -0.25) is 9.52 Å². The summed E-state index contributed by atoms with van der Waals surface area (Å²) in [7, 11) is -3.74. The number of fused-ring (bicyclic) bond motifs is 1. The molecular formula is C20H17N3O3S2. The zero-order valence-corrected chi connectivity index (χ0v) is 16.4. The Balaban J connectivity index is 1.56. The van der Waals surface area contributed by atoms with Crippen LogP contribution in [0.4, 0.5) is 5.69 Å². The number of para-hydroxylation sites is 1. The largest absolute Gasteiger partial charge is 0.278 e. The summed E-state index contributed by atoms with van der Waals surface area (Å²) < 4.78 is 27.6. The van der Waals surface area contributed by atoms with Crippen LogP contribution in [-0.4, -0.2) is 20.0 Å². The molecule has 1 heterocycles. The molecule has 0 unspecified atom stereocenters. The van der Waals surface area contributed by atoms with Crippen LogP contribution in [0.2, 0.25) is 0 Å². The van der Waals surface area contributed by atoms with Crippen LogP contribution in [0, 0.1) is 0 Å². The van der Waals surface area contributed by atoms with Crippen molar-refractivity contribution in [1.82, 2.24) is 5.43 Å². The monoisotopic (exact) mass is 411 g/mol. The van der Waals surface area contributed by atoms with E-state index >= 15 is 0 Å². The Kier molecular flexibility index (Phi) is 4.97. The molecule has 4 rings (SSSR count). The molecule has 0 atom stereocenters. The Labute approximate surface area is 167 Å². The highest BCUT2D eigenvalue weighted by Gasteiger charge is 2.20. The molecule has 0 radical (unpaired) electrons. The van der Waals surface area contributed by atoms with E-state index in [1.807, 2.05) is 24.3 Å². The third-order valence-corrected chi connectivity index (χ3v) is 7.19. The van der Waals surface area contributed by atoms with Crippen molar-refractivity contribution in [3.05, 3.63) is 82.7 Å². The Morgan fingerprint density at radius 2 is 1.75 bits per heavy atom. The van der Waals surface area contributed by atoms with Crippen molar-refractivity contribution in [2.45, 2.75) is 17.1 Å². The molecule has 1 aliphatic carbocycles. The molecule has 2 N–H and O–H groups in total. The second kappa shape index (κ2) is 7.57. The van der Waals surface area contributed by atoms with Crippen molar-refractivity contribution in [3.63, 3.8) is 0 Å². The molecule has 8 heteroatoms. The quantitative estimate of drug-likeness (QED) is 0.629. The maximum Gasteiger partial charge on any atom is 0.273 e. The van der Waals surface area contributed by atoms with Crippen LogP contribution in [0.1, 0.15) is 27.9 Å². The summed E-state index contributed by atoms with van der Waals surface area (Å²) in [6, 6.07) is 17.6. The maximum atomic E-state index is 12.7. The average molecular weight is 412 g/mol. The first-order chi connectivity index (χ1) is 13.5. The van der Waals surface area contributed by atoms with Crippen molar-refractivity contribution in [3.8, 4) is 0 Å². The number of hydrogen-bond acceptors (Lipinski definition) is 5. The number of hydrogen-bond donors (Lipinski definition) is 2. The molecule has 142 valence electrons. The van der Waals surface area contributed by atoms with Crippen LogP contribution in [0.5, 0.6) is 0 Å². The zero-order valence-electron chi connectivity index (χ0n) is 14.8. The van der Waals surface area contributed by atoms with E-state index in [1.54, 1.807) is 35.7 Å². The van der Waals surface area contributed by atoms with Crippen molar-refractivity contribution < 1.29 is 13.2 Å². The lowest BCUT2D eigenvalue weighted by molar-refractivity contribution is 0.0955. The number of benzene rings is 2. The van der Waals surface area contributed by atoms with Gasteiger partial charge in [-0.05, 0) is 42.0 Å². The normalized spacial score (nSPS) is 14.6. The van der Waals surface area contributed by atoms with Crippen molar-refractivity contribution in [2.75, 3.05) is 4.72 Å². The first-order valence-electron chi connectivity index (χ1n) is 8.65. The third kappa shape index (κ3) is 3.69. The van der Waals surface area contributed by atoms with E-state index in [0.29, 0.717) is 0 Å². The summed E-state index contributed by atoms with van der Waals surface area (Å²) in [6.07, 6.45) is 1.65. The van der Waals surface area contributed by atoms with Crippen LogP contribution in [0.25, 0.3) is 0 Å². The minimum Gasteiger partial charge on any atom is -0.278 e. The number of rotatable bonds is 5. The van der Waals surface area contributed by atoms with Gasteiger partial charge in [0.25, 0.3) is 15.9 Å². The maximum absolute atomic E-state index is 12.7. The summed E-state index contributed by atoms with van der Waals surface area (Å²) >= 11 is 1.11. The van der Waals surface area contributed by atoms with Crippen LogP contribution >= 0.6 is 11.3 Å². The summed E-state index contributed by atoms with van der Waals surface area (Å²) in [4.78, 5) is 12.7. The molecule has 6 nitrogen and oxygen atoms in total. The van der Waals surface area contributed by atoms with Crippen LogP contribution < -0.4 is 10.1 Å². The second-order valence-corrected chi connectivity index (χ2v) is 9.10. The number of sulfonamides is 1. The van der Waals surface area contributed by atoms with Crippen LogP contribution in [-0.2, 0) is 16.4 Å². The average Bonchev–Trinajstić information content (AvgIpc) is 3.37. The predicted octanol–water partition coefficient (Wildman–Crippen LogP) is 3.63. The van der Waals surface area contributed by atoms with Gasteiger partial charge >= 0.3 is 0 Å². The smallest absolute Gasteiger partial charge is 0.273 e. The lowest BCUT2D eigenvalue weighted by atomic mass is 10.1. The number of nitrogens with zero attached hydrogens (tertiary/aromatic N) is 1. The van der Waals surface area contributed by atoms with Crippen molar-refractivity contribution in [1.29, 1.82) is 0 Å². The van der Waals surface area contributed by atoms with Gasteiger partial charge in [-0.15, -0.1) is 11.3 Å². The summed E-state index contributed by atoms with van der Waals surface area (Å²) in [5.74, 6) is -0.471. The molecule has 0 aliphatic heterocycles. The van der Waals surface area contributed by atoms with Gasteiger partial charge in [0.15, 0.2) is 0 Å². The Morgan fingerprint density at radius 1 is 0.964 bits per heavy atom.